The van der Waals surface area contributed by atoms with Gasteiger partial charge in [-0.25, -0.2) is 0 Å². The van der Waals surface area contributed by atoms with Crippen LogP contribution in [0.3, 0.4) is 0 Å². The summed E-state index contributed by atoms with van der Waals surface area (Å²) in [6.45, 7) is 8.25. The van der Waals surface area contributed by atoms with Gasteiger partial charge in [-0.2, -0.15) is 0 Å². The van der Waals surface area contributed by atoms with E-state index in [1.807, 2.05) is 24.3 Å². The third-order valence-corrected chi connectivity index (χ3v) is 3.49. The molecule has 0 radical (unpaired) electrons. The minimum Gasteiger partial charge on any atom is -0.457 e. The number of hydrogen-bond acceptors (Lipinski definition) is 2. The first-order valence-corrected chi connectivity index (χ1v) is 7.25. The van der Waals surface area contributed by atoms with Crippen LogP contribution in [0.5, 0.6) is 11.5 Å². The van der Waals surface area contributed by atoms with Crippen molar-refractivity contribution in [1.82, 2.24) is 5.32 Å². The van der Waals surface area contributed by atoms with E-state index in [4.69, 9.17) is 4.74 Å². The quantitative estimate of drug-likeness (QED) is 0.774. The molecular formula is C18H23NO. The second-order valence-electron chi connectivity index (χ2n) is 5.08. The van der Waals surface area contributed by atoms with Gasteiger partial charge in [0.1, 0.15) is 11.5 Å². The third-order valence-electron chi connectivity index (χ3n) is 3.49. The lowest BCUT2D eigenvalue weighted by atomic mass is 10.1. The highest BCUT2D eigenvalue weighted by atomic mass is 16.5. The molecule has 1 N–H and O–H groups in total. The average Bonchev–Trinajstić information content (AvgIpc) is 2.46. The summed E-state index contributed by atoms with van der Waals surface area (Å²) in [5.74, 6) is 1.87. The molecule has 0 fully saturated rings. The van der Waals surface area contributed by atoms with E-state index in [-0.39, 0.29) is 0 Å². The second-order valence-corrected chi connectivity index (χ2v) is 5.08. The summed E-state index contributed by atoms with van der Waals surface area (Å²) in [4.78, 5) is 0. The highest BCUT2D eigenvalue weighted by molar-refractivity contribution is 5.43. The number of rotatable bonds is 6. The maximum atomic E-state index is 6.11. The predicted molar refractivity (Wildman–Crippen MR) is 84.4 cm³/mol. The molecule has 0 heterocycles. The van der Waals surface area contributed by atoms with Crippen molar-refractivity contribution in [3.63, 3.8) is 0 Å². The van der Waals surface area contributed by atoms with Gasteiger partial charge in [-0.15, -0.1) is 0 Å². The molecule has 0 aliphatic heterocycles. The Morgan fingerprint density at radius 1 is 0.950 bits per heavy atom. The summed E-state index contributed by atoms with van der Waals surface area (Å²) in [5, 5.41) is 3.42. The van der Waals surface area contributed by atoms with Crippen LogP contribution >= 0.6 is 0 Å². The zero-order valence-corrected chi connectivity index (χ0v) is 12.6. The topological polar surface area (TPSA) is 21.3 Å². The molecule has 2 heteroatoms. The first-order chi connectivity index (χ1) is 9.72. The molecule has 0 aromatic heterocycles. The van der Waals surface area contributed by atoms with Crippen molar-refractivity contribution >= 4 is 0 Å². The van der Waals surface area contributed by atoms with Crippen LogP contribution in [-0.4, -0.2) is 6.54 Å². The van der Waals surface area contributed by atoms with Crippen LogP contribution in [0.4, 0.5) is 0 Å². The van der Waals surface area contributed by atoms with Crippen LogP contribution in [0, 0.1) is 13.8 Å². The Bertz CT molecular complexity index is 563. The maximum Gasteiger partial charge on any atom is 0.131 e. The molecule has 2 aromatic rings. The number of ether oxygens (including phenoxy) is 1. The molecule has 0 unspecified atom stereocenters. The fraction of sp³-hybridized carbons (Fsp3) is 0.333. The van der Waals surface area contributed by atoms with E-state index >= 15 is 0 Å². The van der Waals surface area contributed by atoms with Gasteiger partial charge >= 0.3 is 0 Å². The van der Waals surface area contributed by atoms with Gasteiger partial charge in [0.25, 0.3) is 0 Å². The maximum absolute atomic E-state index is 6.11. The lowest BCUT2D eigenvalue weighted by Crippen LogP contribution is -2.14. The van der Waals surface area contributed by atoms with Crippen molar-refractivity contribution in [2.45, 2.75) is 33.7 Å². The molecule has 0 amide bonds. The Hall–Kier alpha value is -1.80. The van der Waals surface area contributed by atoms with Gasteiger partial charge in [0, 0.05) is 12.1 Å². The Morgan fingerprint density at radius 2 is 1.70 bits per heavy atom. The summed E-state index contributed by atoms with van der Waals surface area (Å²) < 4.78 is 6.11. The van der Waals surface area contributed by atoms with Crippen LogP contribution in [0.25, 0.3) is 0 Å². The molecule has 2 nitrogen and oxygen atoms in total. The van der Waals surface area contributed by atoms with E-state index in [0.29, 0.717) is 0 Å². The zero-order chi connectivity index (χ0) is 14.4. The smallest absolute Gasteiger partial charge is 0.131 e. The van der Waals surface area contributed by atoms with Gasteiger partial charge in [-0.1, -0.05) is 37.3 Å². The van der Waals surface area contributed by atoms with Gasteiger partial charge < -0.3 is 10.1 Å². The first-order valence-electron chi connectivity index (χ1n) is 7.25. The standard InChI is InChI=1S/C18H23NO/c1-4-12-19-13-16-9-5-6-10-18(16)20-17-11-7-8-14(2)15(17)3/h5-11,19H,4,12-13H2,1-3H3. The van der Waals surface area contributed by atoms with E-state index in [1.54, 1.807) is 0 Å². The van der Waals surface area contributed by atoms with E-state index in [0.717, 1.165) is 31.0 Å². The fourth-order valence-electron chi connectivity index (χ4n) is 2.10. The lowest BCUT2D eigenvalue weighted by molar-refractivity contribution is 0.468. The van der Waals surface area contributed by atoms with Crippen molar-refractivity contribution in [2.75, 3.05) is 6.54 Å². The van der Waals surface area contributed by atoms with E-state index < -0.39 is 0 Å². The Morgan fingerprint density at radius 3 is 2.50 bits per heavy atom. The molecule has 0 atom stereocenters. The zero-order valence-electron chi connectivity index (χ0n) is 12.6. The normalized spacial score (nSPS) is 10.6. The minimum absolute atomic E-state index is 0.842. The lowest BCUT2D eigenvalue weighted by Gasteiger charge is -2.14. The van der Waals surface area contributed by atoms with Gasteiger partial charge in [-0.3, -0.25) is 0 Å². The highest BCUT2D eigenvalue weighted by Gasteiger charge is 2.07. The average molecular weight is 269 g/mol. The number of para-hydroxylation sites is 1. The van der Waals surface area contributed by atoms with E-state index in [1.165, 1.54) is 16.7 Å². The van der Waals surface area contributed by atoms with Crippen LogP contribution in [0.15, 0.2) is 42.5 Å². The van der Waals surface area contributed by atoms with Gasteiger partial charge in [-0.05, 0) is 50.1 Å². The van der Waals surface area contributed by atoms with Crippen molar-refractivity contribution in [3.8, 4) is 11.5 Å². The fourth-order valence-corrected chi connectivity index (χ4v) is 2.10. The highest BCUT2D eigenvalue weighted by Crippen LogP contribution is 2.29. The van der Waals surface area contributed by atoms with Crippen molar-refractivity contribution in [3.05, 3.63) is 59.2 Å². The van der Waals surface area contributed by atoms with Crippen molar-refractivity contribution < 1.29 is 4.74 Å². The summed E-state index contributed by atoms with van der Waals surface area (Å²) in [7, 11) is 0. The van der Waals surface area contributed by atoms with Crippen LogP contribution in [0.2, 0.25) is 0 Å². The van der Waals surface area contributed by atoms with Crippen molar-refractivity contribution in [1.29, 1.82) is 0 Å². The minimum atomic E-state index is 0.842. The summed E-state index contributed by atoms with van der Waals surface area (Å²) >= 11 is 0. The molecule has 0 aliphatic carbocycles. The monoisotopic (exact) mass is 269 g/mol. The van der Waals surface area contributed by atoms with Crippen LogP contribution in [0.1, 0.15) is 30.0 Å². The largest absolute Gasteiger partial charge is 0.457 e. The predicted octanol–water partition coefficient (Wildman–Crippen LogP) is 4.60. The van der Waals surface area contributed by atoms with Gasteiger partial charge in [0.05, 0.1) is 0 Å². The summed E-state index contributed by atoms with van der Waals surface area (Å²) in [6, 6.07) is 14.4. The third kappa shape index (κ3) is 3.61. The Kier molecular flexibility index (Phi) is 5.19. The molecule has 2 aromatic carbocycles. The molecule has 0 spiro atoms. The summed E-state index contributed by atoms with van der Waals surface area (Å²) in [6.07, 6.45) is 1.14. The Balaban J connectivity index is 2.18. The first kappa shape index (κ1) is 14.6. The van der Waals surface area contributed by atoms with Gasteiger partial charge in [0.2, 0.25) is 0 Å². The molecular weight excluding hydrogens is 246 g/mol. The van der Waals surface area contributed by atoms with Crippen LogP contribution in [-0.2, 0) is 6.54 Å². The molecule has 2 rings (SSSR count). The molecule has 0 saturated carbocycles. The number of benzene rings is 2. The molecule has 0 aliphatic rings. The molecule has 0 saturated heterocycles. The van der Waals surface area contributed by atoms with Gasteiger partial charge in [0.15, 0.2) is 0 Å². The second kappa shape index (κ2) is 7.11. The number of nitrogens with one attached hydrogen (secondary N) is 1. The Labute approximate surface area is 121 Å². The SMILES string of the molecule is CCCNCc1ccccc1Oc1cccc(C)c1C. The molecule has 106 valence electrons. The van der Waals surface area contributed by atoms with Crippen molar-refractivity contribution in [2.24, 2.45) is 0 Å². The summed E-state index contributed by atoms with van der Waals surface area (Å²) in [5.41, 5.74) is 3.65. The van der Waals surface area contributed by atoms with E-state index in [9.17, 15) is 0 Å². The molecule has 0 bridgehead atoms. The number of hydrogen-bond donors (Lipinski definition) is 1. The van der Waals surface area contributed by atoms with Crippen LogP contribution < -0.4 is 10.1 Å². The number of aryl methyl sites for hydroxylation is 1. The van der Waals surface area contributed by atoms with E-state index in [2.05, 4.69) is 44.3 Å². The molecule has 20 heavy (non-hydrogen) atoms.